The molecule has 0 aliphatic rings. The molecule has 0 N–H and O–H groups in total. The average molecular weight is 201 g/mol. The second kappa shape index (κ2) is 4.88. The van der Waals surface area contributed by atoms with E-state index in [9.17, 15) is 0 Å². The highest BCUT2D eigenvalue weighted by Crippen LogP contribution is 2.29. The minimum atomic E-state index is 0.0518. The lowest BCUT2D eigenvalue weighted by atomic mass is 10.0. The van der Waals surface area contributed by atoms with Crippen molar-refractivity contribution in [1.29, 1.82) is 10.5 Å². The highest BCUT2D eigenvalue weighted by molar-refractivity contribution is 5.54. The molecule has 15 heavy (non-hydrogen) atoms. The summed E-state index contributed by atoms with van der Waals surface area (Å²) in [6, 6.07) is 8.53. The van der Waals surface area contributed by atoms with Gasteiger partial charge in [0, 0.05) is 0 Å². The smallest absolute Gasteiger partial charge is 0.204 e. The summed E-state index contributed by atoms with van der Waals surface area (Å²) in [7, 11) is 3.02. The molecule has 4 nitrogen and oxygen atoms in total. The molecule has 0 saturated heterocycles. The van der Waals surface area contributed by atoms with E-state index in [0.29, 0.717) is 17.1 Å². The molecule has 0 heterocycles. The van der Waals surface area contributed by atoms with E-state index in [1.807, 2.05) is 12.1 Å². The Kier molecular flexibility index (Phi) is 3.54. The average Bonchev–Trinajstić information content (AvgIpc) is 2.30. The molecule has 0 spiro atoms. The van der Waals surface area contributed by atoms with Gasteiger partial charge < -0.3 is 9.47 Å². The van der Waals surface area contributed by atoms with Gasteiger partial charge in [0.1, 0.15) is 0 Å². The first-order chi connectivity index (χ1) is 7.26. The summed E-state index contributed by atoms with van der Waals surface area (Å²) in [5, 5.41) is 17.4. The van der Waals surface area contributed by atoms with Gasteiger partial charge in [-0.25, -0.2) is 0 Å². The van der Waals surface area contributed by atoms with Crippen LogP contribution >= 0.6 is 0 Å². The Morgan fingerprint density at radius 2 is 1.67 bits per heavy atom. The van der Waals surface area contributed by atoms with Gasteiger partial charge in [-0.2, -0.15) is 10.5 Å². The van der Waals surface area contributed by atoms with Crippen LogP contribution in [-0.2, 0) is 0 Å². The molecule has 0 aliphatic carbocycles. The SMILES string of the molecule is COc1ccc([C](C#N)C#N)cc1OC. The third kappa shape index (κ3) is 2.18. The molecule has 75 valence electrons. The van der Waals surface area contributed by atoms with E-state index in [1.54, 1.807) is 18.2 Å². The molecule has 1 radical (unpaired) electrons. The van der Waals surface area contributed by atoms with Gasteiger partial charge in [0.15, 0.2) is 11.5 Å². The van der Waals surface area contributed by atoms with Crippen molar-refractivity contribution >= 4 is 0 Å². The summed E-state index contributed by atoms with van der Waals surface area (Å²) in [6.45, 7) is 0. The quantitative estimate of drug-likeness (QED) is 0.746. The monoisotopic (exact) mass is 201 g/mol. The van der Waals surface area contributed by atoms with Gasteiger partial charge in [-0.1, -0.05) is 6.07 Å². The van der Waals surface area contributed by atoms with Crippen LogP contribution in [0.3, 0.4) is 0 Å². The lowest BCUT2D eigenvalue weighted by molar-refractivity contribution is 0.354. The van der Waals surface area contributed by atoms with Gasteiger partial charge in [0.25, 0.3) is 0 Å². The second-order valence-corrected chi connectivity index (χ2v) is 2.67. The van der Waals surface area contributed by atoms with Gasteiger partial charge in [-0.3, -0.25) is 0 Å². The van der Waals surface area contributed by atoms with Crippen molar-refractivity contribution in [2.24, 2.45) is 0 Å². The molecule has 0 aliphatic heterocycles. The topological polar surface area (TPSA) is 66.0 Å². The van der Waals surface area contributed by atoms with Crippen molar-refractivity contribution < 1.29 is 9.47 Å². The summed E-state index contributed by atoms with van der Waals surface area (Å²) in [5.74, 6) is 1.12. The van der Waals surface area contributed by atoms with Crippen LogP contribution in [-0.4, -0.2) is 14.2 Å². The van der Waals surface area contributed by atoms with Crippen LogP contribution < -0.4 is 9.47 Å². The van der Waals surface area contributed by atoms with E-state index in [1.165, 1.54) is 14.2 Å². The van der Waals surface area contributed by atoms with Gasteiger partial charge in [-0.05, 0) is 17.7 Å². The Bertz CT molecular complexity index is 415. The summed E-state index contributed by atoms with van der Waals surface area (Å²) in [6.07, 6.45) is 0. The zero-order chi connectivity index (χ0) is 11.3. The fourth-order valence-electron chi connectivity index (χ4n) is 1.15. The van der Waals surface area contributed by atoms with Crippen molar-refractivity contribution in [2.45, 2.75) is 0 Å². The van der Waals surface area contributed by atoms with Gasteiger partial charge in [-0.15, -0.1) is 0 Å². The number of hydrogen-bond donors (Lipinski definition) is 0. The van der Waals surface area contributed by atoms with E-state index in [-0.39, 0.29) is 5.92 Å². The molecule has 0 atom stereocenters. The van der Waals surface area contributed by atoms with Crippen LogP contribution in [0.4, 0.5) is 0 Å². The second-order valence-electron chi connectivity index (χ2n) is 2.67. The fourth-order valence-corrected chi connectivity index (χ4v) is 1.15. The zero-order valence-corrected chi connectivity index (χ0v) is 8.44. The molecule has 0 bridgehead atoms. The molecule has 4 heteroatoms. The Labute approximate surface area is 88.3 Å². The van der Waals surface area contributed by atoms with Crippen LogP contribution in [0.25, 0.3) is 0 Å². The number of rotatable bonds is 3. The van der Waals surface area contributed by atoms with Gasteiger partial charge >= 0.3 is 0 Å². The minimum Gasteiger partial charge on any atom is -0.493 e. The Balaban J connectivity index is 3.15. The Hall–Kier alpha value is -2.20. The predicted molar refractivity (Wildman–Crippen MR) is 53.1 cm³/mol. The maximum absolute atomic E-state index is 8.69. The van der Waals surface area contributed by atoms with Crippen LogP contribution in [0.2, 0.25) is 0 Å². The normalized spacial score (nSPS) is 9.13. The van der Waals surface area contributed by atoms with Crippen LogP contribution in [0.15, 0.2) is 18.2 Å². The molecular weight excluding hydrogens is 192 g/mol. The van der Waals surface area contributed by atoms with Crippen LogP contribution in [0, 0.1) is 28.6 Å². The first-order valence-electron chi connectivity index (χ1n) is 4.16. The molecule has 0 fully saturated rings. The molecule has 0 aromatic heterocycles. The number of ether oxygens (including phenoxy) is 2. The van der Waals surface area contributed by atoms with E-state index < -0.39 is 0 Å². The van der Waals surface area contributed by atoms with E-state index >= 15 is 0 Å². The summed E-state index contributed by atoms with van der Waals surface area (Å²) in [4.78, 5) is 0. The predicted octanol–water partition coefficient (Wildman–Crippen LogP) is 1.67. The first-order valence-corrected chi connectivity index (χ1v) is 4.16. The Morgan fingerprint density at radius 1 is 1.07 bits per heavy atom. The number of nitriles is 2. The van der Waals surface area contributed by atoms with Crippen LogP contribution in [0.1, 0.15) is 5.56 Å². The summed E-state index contributed by atoms with van der Waals surface area (Å²) >= 11 is 0. The maximum atomic E-state index is 8.69. The lowest BCUT2D eigenvalue weighted by Crippen LogP contribution is -1.96. The van der Waals surface area contributed by atoms with Crippen LogP contribution in [0.5, 0.6) is 11.5 Å². The van der Waals surface area contributed by atoms with Crippen molar-refractivity contribution in [2.75, 3.05) is 14.2 Å². The maximum Gasteiger partial charge on any atom is 0.204 e. The number of methoxy groups -OCH3 is 2. The van der Waals surface area contributed by atoms with Crippen molar-refractivity contribution in [3.05, 3.63) is 29.7 Å². The zero-order valence-electron chi connectivity index (χ0n) is 8.44. The first kappa shape index (κ1) is 10.9. The van der Waals surface area contributed by atoms with E-state index in [0.717, 1.165) is 0 Å². The van der Waals surface area contributed by atoms with Crippen molar-refractivity contribution in [3.63, 3.8) is 0 Å². The number of benzene rings is 1. The highest BCUT2D eigenvalue weighted by atomic mass is 16.5. The molecule has 0 amide bonds. The largest absolute Gasteiger partial charge is 0.493 e. The van der Waals surface area contributed by atoms with Gasteiger partial charge in [0.05, 0.1) is 26.4 Å². The van der Waals surface area contributed by atoms with Gasteiger partial charge in [0.2, 0.25) is 5.92 Å². The summed E-state index contributed by atoms with van der Waals surface area (Å²) < 4.78 is 10.1. The molecule has 0 unspecified atom stereocenters. The molecule has 1 rings (SSSR count). The van der Waals surface area contributed by atoms with Crippen molar-refractivity contribution in [3.8, 4) is 23.6 Å². The standard InChI is InChI=1S/C11H9N2O2/c1-14-10-4-3-8(5-11(10)15-2)9(6-12)7-13/h3-5H,1-2H3. The van der Waals surface area contributed by atoms with E-state index in [2.05, 4.69) is 0 Å². The molecular formula is C11H9N2O2. The molecule has 0 saturated carbocycles. The molecule has 1 aromatic carbocycles. The Morgan fingerprint density at radius 3 is 2.13 bits per heavy atom. The third-order valence-electron chi connectivity index (χ3n) is 1.90. The van der Waals surface area contributed by atoms with E-state index in [4.69, 9.17) is 20.0 Å². The number of nitrogens with zero attached hydrogens (tertiary/aromatic N) is 2. The third-order valence-corrected chi connectivity index (χ3v) is 1.90. The highest BCUT2D eigenvalue weighted by Gasteiger charge is 2.13. The minimum absolute atomic E-state index is 0.0518. The lowest BCUT2D eigenvalue weighted by Gasteiger charge is -2.08. The number of hydrogen-bond acceptors (Lipinski definition) is 4. The van der Waals surface area contributed by atoms with Crippen molar-refractivity contribution in [1.82, 2.24) is 0 Å². The summed E-state index contributed by atoms with van der Waals surface area (Å²) in [5.41, 5.74) is 0.526. The fraction of sp³-hybridized carbons (Fsp3) is 0.182. The molecule has 1 aromatic rings.